The molecular weight excluding hydrogens is 280 g/mol. The van der Waals surface area contributed by atoms with E-state index in [1.807, 2.05) is 6.07 Å². The average molecular weight is 301 g/mol. The van der Waals surface area contributed by atoms with E-state index in [0.29, 0.717) is 16.9 Å². The Morgan fingerprint density at radius 2 is 2.05 bits per heavy atom. The number of nitrogens with zero attached hydrogens (tertiary/aromatic N) is 2. The highest BCUT2D eigenvalue weighted by Gasteiger charge is 2.22. The molecule has 0 aliphatic carbocycles. The zero-order chi connectivity index (χ0) is 13.8. The topological polar surface area (TPSA) is 23.6 Å². The molecule has 2 heterocycles. The molecule has 0 saturated carbocycles. The van der Waals surface area contributed by atoms with Crippen LogP contribution in [0.15, 0.2) is 12.1 Å². The predicted octanol–water partition coefficient (Wildman–Crippen LogP) is 3.00. The van der Waals surface area contributed by atoms with Crippen LogP contribution >= 0.6 is 22.9 Å². The van der Waals surface area contributed by atoms with Gasteiger partial charge < -0.3 is 0 Å². The van der Waals surface area contributed by atoms with E-state index in [-0.39, 0.29) is 5.78 Å². The molecule has 0 amide bonds. The minimum absolute atomic E-state index is 0.189. The third-order valence-corrected chi connectivity index (χ3v) is 5.11. The smallest absolute Gasteiger partial charge is 0.186 e. The number of rotatable bonds is 5. The van der Waals surface area contributed by atoms with Gasteiger partial charge in [0.05, 0.1) is 15.8 Å². The fourth-order valence-corrected chi connectivity index (χ4v) is 3.34. The number of ketones is 1. The third-order valence-electron chi connectivity index (χ3n) is 3.84. The number of hydrogen-bond donors (Lipinski definition) is 0. The fraction of sp³-hybridized carbons (Fsp3) is 0.643. The third kappa shape index (κ3) is 4.02. The summed E-state index contributed by atoms with van der Waals surface area (Å²) in [5, 5.41) is 0. The number of Topliss-reactive ketones (excluding diaryl/α,β-unsaturated/α-hetero) is 1. The summed E-state index contributed by atoms with van der Waals surface area (Å²) in [4.78, 5) is 17.6. The molecule has 1 atom stereocenters. The Balaban J connectivity index is 1.81. The van der Waals surface area contributed by atoms with Crippen LogP contribution in [0.2, 0.25) is 4.34 Å². The van der Waals surface area contributed by atoms with Crippen LogP contribution < -0.4 is 0 Å². The Labute approximate surface area is 124 Å². The van der Waals surface area contributed by atoms with Crippen LogP contribution in [0.3, 0.4) is 0 Å². The number of piperazine rings is 1. The standard InChI is InChI=1S/C14H21ClN2OS/c1-3-11(2)17-8-6-16(7-9-17)10-12(18)13-4-5-14(15)19-13/h4-5,11H,3,6-10H2,1-2H3. The van der Waals surface area contributed by atoms with Gasteiger partial charge in [-0.25, -0.2) is 0 Å². The number of halogens is 1. The van der Waals surface area contributed by atoms with Gasteiger partial charge in [-0.1, -0.05) is 18.5 Å². The van der Waals surface area contributed by atoms with Gasteiger partial charge in [0.1, 0.15) is 0 Å². The molecule has 1 aromatic heterocycles. The van der Waals surface area contributed by atoms with Crippen LogP contribution in [0.5, 0.6) is 0 Å². The Morgan fingerprint density at radius 1 is 1.37 bits per heavy atom. The molecule has 0 aromatic carbocycles. The molecule has 1 aliphatic rings. The molecule has 5 heteroatoms. The molecule has 1 fully saturated rings. The summed E-state index contributed by atoms with van der Waals surface area (Å²) in [6.07, 6.45) is 1.19. The first-order valence-corrected chi connectivity index (χ1v) is 8.04. The van der Waals surface area contributed by atoms with Crippen molar-refractivity contribution in [3.63, 3.8) is 0 Å². The van der Waals surface area contributed by atoms with Crippen LogP contribution in [-0.4, -0.2) is 54.3 Å². The Hall–Kier alpha value is -0.420. The van der Waals surface area contributed by atoms with E-state index < -0.39 is 0 Å². The Morgan fingerprint density at radius 3 is 2.58 bits per heavy atom. The van der Waals surface area contributed by atoms with Gasteiger partial charge in [0.15, 0.2) is 5.78 Å². The van der Waals surface area contributed by atoms with E-state index >= 15 is 0 Å². The van der Waals surface area contributed by atoms with Gasteiger partial charge in [0.25, 0.3) is 0 Å². The lowest BCUT2D eigenvalue weighted by atomic mass is 10.2. The number of carbonyl (C=O) groups is 1. The summed E-state index contributed by atoms with van der Waals surface area (Å²) in [5.74, 6) is 0.189. The fourth-order valence-electron chi connectivity index (χ4n) is 2.37. The molecule has 0 spiro atoms. The van der Waals surface area contributed by atoms with Gasteiger partial charge in [0, 0.05) is 32.2 Å². The van der Waals surface area contributed by atoms with Crippen LogP contribution in [-0.2, 0) is 0 Å². The molecule has 1 aromatic rings. The first kappa shape index (κ1) is 15.0. The average Bonchev–Trinajstić information content (AvgIpc) is 2.85. The number of thiophene rings is 1. The molecular formula is C14H21ClN2OS. The summed E-state index contributed by atoms with van der Waals surface area (Å²) < 4.78 is 0.685. The van der Waals surface area contributed by atoms with E-state index in [1.165, 1.54) is 17.8 Å². The molecule has 19 heavy (non-hydrogen) atoms. The molecule has 3 nitrogen and oxygen atoms in total. The van der Waals surface area contributed by atoms with Gasteiger partial charge >= 0.3 is 0 Å². The lowest BCUT2D eigenvalue weighted by Gasteiger charge is -2.37. The van der Waals surface area contributed by atoms with Gasteiger partial charge in [-0.3, -0.25) is 14.6 Å². The van der Waals surface area contributed by atoms with Gasteiger partial charge in [-0.15, -0.1) is 11.3 Å². The SMILES string of the molecule is CCC(C)N1CCN(CC(=O)c2ccc(Cl)s2)CC1. The molecule has 0 bridgehead atoms. The lowest BCUT2D eigenvalue weighted by molar-refractivity contribution is 0.0787. The monoisotopic (exact) mass is 300 g/mol. The van der Waals surface area contributed by atoms with E-state index in [1.54, 1.807) is 6.07 Å². The number of hydrogen-bond acceptors (Lipinski definition) is 4. The zero-order valence-electron chi connectivity index (χ0n) is 11.6. The van der Waals surface area contributed by atoms with E-state index in [2.05, 4.69) is 23.6 Å². The highest BCUT2D eigenvalue weighted by atomic mass is 35.5. The first-order chi connectivity index (χ1) is 9.10. The van der Waals surface area contributed by atoms with Gasteiger partial charge in [-0.05, 0) is 25.5 Å². The quantitative estimate of drug-likeness (QED) is 0.781. The molecule has 2 rings (SSSR count). The van der Waals surface area contributed by atoms with Gasteiger partial charge in [0.2, 0.25) is 0 Å². The van der Waals surface area contributed by atoms with Crippen molar-refractivity contribution in [1.29, 1.82) is 0 Å². The van der Waals surface area contributed by atoms with Crippen molar-refractivity contribution in [1.82, 2.24) is 9.80 Å². The normalized spacial score (nSPS) is 19.5. The van der Waals surface area contributed by atoms with Crippen LogP contribution in [0.4, 0.5) is 0 Å². The summed E-state index contributed by atoms with van der Waals surface area (Å²) in [6, 6.07) is 4.26. The summed E-state index contributed by atoms with van der Waals surface area (Å²) in [6.45, 7) is 9.10. The summed E-state index contributed by atoms with van der Waals surface area (Å²) in [5.41, 5.74) is 0. The highest BCUT2D eigenvalue weighted by molar-refractivity contribution is 7.18. The van der Waals surface area contributed by atoms with Crippen molar-refractivity contribution in [2.45, 2.75) is 26.3 Å². The van der Waals surface area contributed by atoms with Crippen molar-refractivity contribution in [3.8, 4) is 0 Å². The Kier molecular flexibility index (Phi) is 5.39. The highest BCUT2D eigenvalue weighted by Crippen LogP contribution is 2.22. The second-order valence-electron chi connectivity index (χ2n) is 5.10. The van der Waals surface area contributed by atoms with Crippen molar-refractivity contribution < 1.29 is 4.79 Å². The van der Waals surface area contributed by atoms with Crippen LogP contribution in [0, 0.1) is 0 Å². The molecule has 106 valence electrons. The minimum atomic E-state index is 0.189. The maximum Gasteiger partial charge on any atom is 0.186 e. The first-order valence-electron chi connectivity index (χ1n) is 6.85. The van der Waals surface area contributed by atoms with Crippen molar-refractivity contribution in [2.24, 2.45) is 0 Å². The molecule has 1 saturated heterocycles. The molecule has 0 N–H and O–H groups in total. The maximum absolute atomic E-state index is 12.1. The summed E-state index contributed by atoms with van der Waals surface area (Å²) in [7, 11) is 0. The van der Waals surface area contributed by atoms with Gasteiger partial charge in [-0.2, -0.15) is 0 Å². The molecule has 1 aliphatic heterocycles. The van der Waals surface area contributed by atoms with Crippen LogP contribution in [0.25, 0.3) is 0 Å². The number of carbonyl (C=O) groups excluding carboxylic acids is 1. The van der Waals surface area contributed by atoms with E-state index in [4.69, 9.17) is 11.6 Å². The van der Waals surface area contributed by atoms with Crippen LogP contribution in [0.1, 0.15) is 29.9 Å². The van der Waals surface area contributed by atoms with E-state index in [9.17, 15) is 4.79 Å². The summed E-state index contributed by atoms with van der Waals surface area (Å²) >= 11 is 7.24. The van der Waals surface area contributed by atoms with Crippen molar-refractivity contribution in [2.75, 3.05) is 32.7 Å². The second kappa shape index (κ2) is 6.84. The molecule has 1 unspecified atom stereocenters. The molecule has 0 radical (unpaired) electrons. The second-order valence-corrected chi connectivity index (χ2v) is 6.81. The zero-order valence-corrected chi connectivity index (χ0v) is 13.1. The minimum Gasteiger partial charge on any atom is -0.298 e. The predicted molar refractivity (Wildman–Crippen MR) is 81.4 cm³/mol. The Bertz CT molecular complexity index is 427. The maximum atomic E-state index is 12.1. The van der Waals surface area contributed by atoms with E-state index in [0.717, 1.165) is 31.1 Å². The van der Waals surface area contributed by atoms with Crippen molar-refractivity contribution >= 4 is 28.7 Å². The van der Waals surface area contributed by atoms with Crippen molar-refractivity contribution in [3.05, 3.63) is 21.3 Å². The lowest BCUT2D eigenvalue weighted by Crippen LogP contribution is -2.50. The largest absolute Gasteiger partial charge is 0.298 e.